The van der Waals surface area contributed by atoms with Gasteiger partial charge in [-0.15, -0.1) is 0 Å². The number of pyridine rings is 1. The number of nitrogens with zero attached hydrogens (tertiary/aromatic N) is 3. The van der Waals surface area contributed by atoms with E-state index in [1.807, 2.05) is 12.1 Å². The van der Waals surface area contributed by atoms with Gasteiger partial charge in [-0.3, -0.25) is 4.79 Å². The van der Waals surface area contributed by atoms with Crippen molar-refractivity contribution in [2.45, 2.75) is 25.4 Å². The van der Waals surface area contributed by atoms with Crippen LogP contribution in [0.15, 0.2) is 18.3 Å². The molecule has 0 aliphatic carbocycles. The highest BCUT2D eigenvalue weighted by atomic mass is 16.2. The number of carbonyl (C=O) groups is 1. The first-order chi connectivity index (χ1) is 8.63. The molecule has 0 aromatic carbocycles. The highest BCUT2D eigenvalue weighted by molar-refractivity contribution is 5.85. The smallest absolute Gasteiger partial charge is 0.244 e. The van der Waals surface area contributed by atoms with Gasteiger partial charge in [0.15, 0.2) is 0 Å². The van der Waals surface area contributed by atoms with Gasteiger partial charge in [-0.1, -0.05) is 6.07 Å². The molecular formula is C13H20N4O. The van der Waals surface area contributed by atoms with E-state index < -0.39 is 0 Å². The summed E-state index contributed by atoms with van der Waals surface area (Å²) in [7, 11) is 3.59. The number of hydrogen-bond donors (Lipinski definition) is 1. The van der Waals surface area contributed by atoms with Crippen LogP contribution in [-0.4, -0.2) is 42.5 Å². The largest absolute Gasteiger partial charge is 0.347 e. The fraction of sp³-hybridized carbons (Fsp3) is 0.538. The topological polar surface area (TPSA) is 62.5 Å². The Labute approximate surface area is 108 Å². The predicted molar refractivity (Wildman–Crippen MR) is 71.2 cm³/mol. The average Bonchev–Trinajstić information content (AvgIpc) is 2.87. The zero-order valence-corrected chi connectivity index (χ0v) is 11.0. The minimum Gasteiger partial charge on any atom is -0.347 e. The van der Waals surface area contributed by atoms with Crippen LogP contribution in [0, 0.1) is 0 Å². The summed E-state index contributed by atoms with van der Waals surface area (Å²) < 4.78 is 0. The monoisotopic (exact) mass is 248 g/mol. The van der Waals surface area contributed by atoms with Gasteiger partial charge < -0.3 is 15.5 Å². The van der Waals surface area contributed by atoms with Gasteiger partial charge in [0.2, 0.25) is 5.91 Å². The van der Waals surface area contributed by atoms with E-state index in [0.717, 1.165) is 30.8 Å². The summed E-state index contributed by atoms with van der Waals surface area (Å²) >= 11 is 0. The van der Waals surface area contributed by atoms with Crippen molar-refractivity contribution < 1.29 is 4.79 Å². The molecule has 1 aromatic heterocycles. The van der Waals surface area contributed by atoms with Crippen molar-refractivity contribution in [1.82, 2.24) is 9.88 Å². The molecular weight excluding hydrogens is 228 g/mol. The van der Waals surface area contributed by atoms with Crippen LogP contribution >= 0.6 is 0 Å². The maximum atomic E-state index is 12.1. The van der Waals surface area contributed by atoms with Crippen molar-refractivity contribution in [3.8, 4) is 0 Å². The molecule has 18 heavy (non-hydrogen) atoms. The van der Waals surface area contributed by atoms with E-state index in [1.165, 1.54) is 0 Å². The van der Waals surface area contributed by atoms with E-state index in [9.17, 15) is 4.79 Å². The van der Waals surface area contributed by atoms with Gasteiger partial charge in [0, 0.05) is 33.4 Å². The molecule has 1 amide bonds. The Morgan fingerprint density at radius 3 is 2.89 bits per heavy atom. The van der Waals surface area contributed by atoms with E-state index in [0.29, 0.717) is 6.54 Å². The van der Waals surface area contributed by atoms with Crippen molar-refractivity contribution in [2.75, 3.05) is 25.5 Å². The summed E-state index contributed by atoms with van der Waals surface area (Å²) in [6.07, 6.45) is 3.72. The standard InChI is InChI=1S/C13H20N4O/c1-16(2)13(18)11-4-3-7-17(11)12-6-5-10(8-14)9-15-12/h5-6,9,11H,3-4,7-8,14H2,1-2H3. The molecule has 2 heterocycles. The fourth-order valence-electron chi connectivity index (χ4n) is 2.30. The van der Waals surface area contributed by atoms with Crippen LogP contribution < -0.4 is 10.6 Å². The zero-order chi connectivity index (χ0) is 13.1. The molecule has 0 saturated carbocycles. The number of likely N-dealkylation sites (N-methyl/N-ethyl adjacent to an activating group) is 1. The van der Waals surface area contributed by atoms with Gasteiger partial charge in [0.1, 0.15) is 11.9 Å². The quantitative estimate of drug-likeness (QED) is 0.850. The first-order valence-electron chi connectivity index (χ1n) is 6.26. The number of anilines is 1. The lowest BCUT2D eigenvalue weighted by Gasteiger charge is -2.27. The fourth-order valence-corrected chi connectivity index (χ4v) is 2.30. The molecule has 1 unspecified atom stereocenters. The lowest BCUT2D eigenvalue weighted by molar-refractivity contribution is -0.129. The third-order valence-electron chi connectivity index (χ3n) is 3.32. The summed E-state index contributed by atoms with van der Waals surface area (Å²) in [4.78, 5) is 20.2. The van der Waals surface area contributed by atoms with Crippen LogP contribution in [-0.2, 0) is 11.3 Å². The Bertz CT molecular complexity index is 416. The lowest BCUT2D eigenvalue weighted by atomic mass is 10.2. The highest BCUT2D eigenvalue weighted by Gasteiger charge is 2.32. The van der Waals surface area contributed by atoms with Crippen LogP contribution in [0.3, 0.4) is 0 Å². The molecule has 5 heteroatoms. The summed E-state index contributed by atoms with van der Waals surface area (Å²) in [6.45, 7) is 1.38. The molecule has 1 aromatic rings. The Hall–Kier alpha value is -1.62. The van der Waals surface area contributed by atoms with Crippen LogP contribution in [0.25, 0.3) is 0 Å². The first kappa shape index (κ1) is 12.8. The summed E-state index contributed by atoms with van der Waals surface area (Å²) in [5.41, 5.74) is 6.56. The second kappa shape index (κ2) is 5.35. The van der Waals surface area contributed by atoms with Gasteiger partial charge in [0.05, 0.1) is 0 Å². The molecule has 0 bridgehead atoms. The van der Waals surface area contributed by atoms with Gasteiger partial charge in [0.25, 0.3) is 0 Å². The second-order valence-electron chi connectivity index (χ2n) is 4.81. The zero-order valence-electron chi connectivity index (χ0n) is 11.0. The minimum absolute atomic E-state index is 0.0729. The maximum Gasteiger partial charge on any atom is 0.244 e. The predicted octanol–water partition coefficient (Wildman–Crippen LogP) is 0.597. The van der Waals surface area contributed by atoms with Gasteiger partial charge in [-0.2, -0.15) is 0 Å². The van der Waals surface area contributed by atoms with Crippen LogP contribution in [0.5, 0.6) is 0 Å². The third kappa shape index (κ3) is 2.46. The number of rotatable bonds is 3. The van der Waals surface area contributed by atoms with Crippen LogP contribution in [0.4, 0.5) is 5.82 Å². The Morgan fingerprint density at radius 2 is 2.33 bits per heavy atom. The van der Waals surface area contributed by atoms with Crippen molar-refractivity contribution in [1.29, 1.82) is 0 Å². The SMILES string of the molecule is CN(C)C(=O)C1CCCN1c1ccc(CN)cn1. The van der Waals surface area contributed by atoms with E-state index in [-0.39, 0.29) is 11.9 Å². The molecule has 2 rings (SSSR count). The number of hydrogen-bond acceptors (Lipinski definition) is 4. The number of amides is 1. The van der Waals surface area contributed by atoms with Crippen molar-refractivity contribution in [3.05, 3.63) is 23.9 Å². The summed E-state index contributed by atoms with van der Waals surface area (Å²) in [5.74, 6) is 1.02. The molecule has 0 radical (unpaired) electrons. The summed E-state index contributed by atoms with van der Waals surface area (Å²) in [6, 6.07) is 3.85. The highest BCUT2D eigenvalue weighted by Crippen LogP contribution is 2.24. The Morgan fingerprint density at radius 1 is 1.56 bits per heavy atom. The Balaban J connectivity index is 2.17. The number of nitrogens with two attached hydrogens (primary N) is 1. The van der Waals surface area contributed by atoms with E-state index in [1.54, 1.807) is 25.2 Å². The molecule has 1 aliphatic rings. The lowest BCUT2D eigenvalue weighted by Crippen LogP contribution is -2.43. The molecule has 98 valence electrons. The number of carbonyl (C=O) groups excluding carboxylic acids is 1. The van der Waals surface area contributed by atoms with Crippen molar-refractivity contribution in [2.24, 2.45) is 5.73 Å². The van der Waals surface area contributed by atoms with Crippen LogP contribution in [0.1, 0.15) is 18.4 Å². The Kier molecular flexibility index (Phi) is 3.81. The van der Waals surface area contributed by atoms with Crippen molar-refractivity contribution >= 4 is 11.7 Å². The van der Waals surface area contributed by atoms with Crippen molar-refractivity contribution in [3.63, 3.8) is 0 Å². The molecule has 1 aliphatic heterocycles. The second-order valence-corrected chi connectivity index (χ2v) is 4.81. The van der Waals surface area contributed by atoms with Gasteiger partial charge >= 0.3 is 0 Å². The molecule has 2 N–H and O–H groups in total. The third-order valence-corrected chi connectivity index (χ3v) is 3.32. The maximum absolute atomic E-state index is 12.1. The van der Waals surface area contributed by atoms with E-state index in [4.69, 9.17) is 5.73 Å². The number of aromatic nitrogens is 1. The normalized spacial score (nSPS) is 19.1. The first-order valence-corrected chi connectivity index (χ1v) is 6.26. The van der Waals surface area contributed by atoms with Crippen LogP contribution in [0.2, 0.25) is 0 Å². The van der Waals surface area contributed by atoms with E-state index >= 15 is 0 Å². The molecule has 1 saturated heterocycles. The molecule has 0 spiro atoms. The van der Waals surface area contributed by atoms with Gasteiger partial charge in [-0.25, -0.2) is 4.98 Å². The van der Waals surface area contributed by atoms with E-state index in [2.05, 4.69) is 9.88 Å². The molecule has 1 fully saturated rings. The molecule has 5 nitrogen and oxygen atoms in total. The molecule has 1 atom stereocenters. The minimum atomic E-state index is -0.0729. The average molecular weight is 248 g/mol. The van der Waals surface area contributed by atoms with Gasteiger partial charge in [-0.05, 0) is 24.5 Å². The summed E-state index contributed by atoms with van der Waals surface area (Å²) in [5, 5.41) is 0.